The van der Waals surface area contributed by atoms with Crippen LogP contribution in [0.2, 0.25) is 0 Å². The Morgan fingerprint density at radius 2 is 2.27 bits per heavy atom. The van der Waals surface area contributed by atoms with Crippen LogP contribution in [0.1, 0.15) is 19.8 Å². The van der Waals surface area contributed by atoms with E-state index in [-0.39, 0.29) is 18.1 Å². The van der Waals surface area contributed by atoms with Crippen molar-refractivity contribution < 1.29 is 4.79 Å². The third kappa shape index (κ3) is 1.83. The Kier molecular flexibility index (Phi) is 2.34. The first-order valence-electron chi connectivity index (χ1n) is 3.93. The van der Waals surface area contributed by atoms with E-state index in [9.17, 15) is 4.79 Å². The molecule has 2 amide bonds. The first-order valence-corrected chi connectivity index (χ1v) is 3.93. The number of hydrogen-bond acceptors (Lipinski definition) is 2. The number of nitrogens with zero attached hydrogens (tertiary/aromatic N) is 1. The lowest BCUT2D eigenvalue weighted by Gasteiger charge is -2.34. The fraction of sp³-hybridized carbons (Fsp3) is 0.857. The minimum Gasteiger partial charge on any atom is -0.351 e. The molecular weight excluding hydrogens is 142 g/mol. The number of rotatable bonds is 0. The van der Waals surface area contributed by atoms with Crippen LogP contribution in [0.4, 0.5) is 4.79 Å². The highest BCUT2D eigenvalue weighted by molar-refractivity contribution is 5.72. The highest BCUT2D eigenvalue weighted by atomic mass is 16.2. The van der Waals surface area contributed by atoms with Gasteiger partial charge in [-0.3, -0.25) is 0 Å². The molecule has 0 spiro atoms. The summed E-state index contributed by atoms with van der Waals surface area (Å²) in [5.41, 5.74) is 10.9. The zero-order valence-corrected chi connectivity index (χ0v) is 6.79. The van der Waals surface area contributed by atoms with Crippen molar-refractivity contribution in [3.63, 3.8) is 0 Å². The third-order valence-corrected chi connectivity index (χ3v) is 2.20. The van der Waals surface area contributed by atoms with E-state index in [2.05, 4.69) is 0 Å². The minimum atomic E-state index is -0.329. The van der Waals surface area contributed by atoms with E-state index in [0.29, 0.717) is 6.54 Å². The molecule has 0 radical (unpaired) electrons. The number of nitrogens with two attached hydrogens (primary N) is 2. The van der Waals surface area contributed by atoms with Crippen LogP contribution in [-0.2, 0) is 0 Å². The summed E-state index contributed by atoms with van der Waals surface area (Å²) in [7, 11) is 0. The van der Waals surface area contributed by atoms with E-state index < -0.39 is 0 Å². The second-order valence-corrected chi connectivity index (χ2v) is 3.17. The van der Waals surface area contributed by atoms with Gasteiger partial charge in [-0.05, 0) is 19.8 Å². The maximum absolute atomic E-state index is 10.8. The van der Waals surface area contributed by atoms with Gasteiger partial charge in [-0.1, -0.05) is 0 Å². The number of urea groups is 1. The molecule has 4 nitrogen and oxygen atoms in total. The predicted molar refractivity (Wildman–Crippen MR) is 43.0 cm³/mol. The maximum Gasteiger partial charge on any atom is 0.315 e. The van der Waals surface area contributed by atoms with Gasteiger partial charge in [0.2, 0.25) is 0 Å². The van der Waals surface area contributed by atoms with Gasteiger partial charge in [0.1, 0.15) is 0 Å². The molecule has 11 heavy (non-hydrogen) atoms. The topological polar surface area (TPSA) is 72.3 Å². The number of primary amides is 1. The van der Waals surface area contributed by atoms with E-state index in [1.54, 1.807) is 4.90 Å². The molecule has 0 saturated carbocycles. The monoisotopic (exact) mass is 157 g/mol. The molecule has 2 unspecified atom stereocenters. The van der Waals surface area contributed by atoms with Crippen LogP contribution in [0.3, 0.4) is 0 Å². The highest BCUT2D eigenvalue weighted by Crippen LogP contribution is 2.14. The summed E-state index contributed by atoms with van der Waals surface area (Å²) >= 11 is 0. The molecule has 0 aromatic heterocycles. The molecule has 0 aromatic carbocycles. The van der Waals surface area contributed by atoms with Crippen LogP contribution in [0.15, 0.2) is 0 Å². The van der Waals surface area contributed by atoms with Gasteiger partial charge in [0.25, 0.3) is 0 Å². The molecular formula is C7H15N3O. The number of hydrogen-bond donors (Lipinski definition) is 2. The molecule has 1 saturated heterocycles. The van der Waals surface area contributed by atoms with Crippen molar-refractivity contribution in [2.24, 2.45) is 11.5 Å². The van der Waals surface area contributed by atoms with Crippen LogP contribution in [0.5, 0.6) is 0 Å². The van der Waals surface area contributed by atoms with E-state index in [0.717, 1.165) is 12.8 Å². The standard InChI is InChI=1S/C7H15N3O/c1-5-4-6(8)2-3-10(5)7(9)11/h5-6H,2-4,8H2,1H3,(H2,9,11). The molecule has 1 aliphatic heterocycles. The normalized spacial score (nSPS) is 32.0. The van der Waals surface area contributed by atoms with E-state index in [1.807, 2.05) is 6.92 Å². The minimum absolute atomic E-state index is 0.205. The largest absolute Gasteiger partial charge is 0.351 e. The predicted octanol–water partition coefficient (Wildman–Crippen LogP) is -0.123. The van der Waals surface area contributed by atoms with Gasteiger partial charge < -0.3 is 16.4 Å². The second-order valence-electron chi connectivity index (χ2n) is 3.17. The van der Waals surface area contributed by atoms with E-state index in [4.69, 9.17) is 11.5 Å². The zero-order chi connectivity index (χ0) is 8.43. The number of carbonyl (C=O) groups is 1. The van der Waals surface area contributed by atoms with Crippen LogP contribution in [0.25, 0.3) is 0 Å². The van der Waals surface area contributed by atoms with E-state index >= 15 is 0 Å². The number of carbonyl (C=O) groups excluding carboxylic acids is 1. The van der Waals surface area contributed by atoms with Gasteiger partial charge in [-0.25, -0.2) is 4.79 Å². The maximum atomic E-state index is 10.8. The molecule has 0 aromatic rings. The summed E-state index contributed by atoms with van der Waals surface area (Å²) in [6, 6.07) is 0.112. The SMILES string of the molecule is CC1CC(N)CCN1C(N)=O. The fourth-order valence-corrected chi connectivity index (χ4v) is 1.54. The molecule has 64 valence electrons. The summed E-state index contributed by atoms with van der Waals surface area (Å²) in [6.45, 7) is 2.68. The van der Waals surface area contributed by atoms with Gasteiger partial charge in [0.05, 0.1) is 0 Å². The smallest absolute Gasteiger partial charge is 0.315 e. The molecule has 1 fully saturated rings. The molecule has 1 aliphatic rings. The first kappa shape index (κ1) is 8.33. The van der Waals surface area contributed by atoms with Gasteiger partial charge in [0, 0.05) is 18.6 Å². The number of piperidine rings is 1. The van der Waals surface area contributed by atoms with Gasteiger partial charge >= 0.3 is 6.03 Å². The third-order valence-electron chi connectivity index (χ3n) is 2.20. The quantitative estimate of drug-likeness (QED) is 0.514. The lowest BCUT2D eigenvalue weighted by molar-refractivity contribution is 0.159. The first-order chi connectivity index (χ1) is 5.11. The Bertz CT molecular complexity index is 160. The van der Waals surface area contributed by atoms with Crippen LogP contribution < -0.4 is 11.5 Å². The Morgan fingerprint density at radius 3 is 2.73 bits per heavy atom. The Balaban J connectivity index is 2.50. The fourth-order valence-electron chi connectivity index (χ4n) is 1.54. The van der Waals surface area contributed by atoms with Crippen LogP contribution in [0, 0.1) is 0 Å². The van der Waals surface area contributed by atoms with Gasteiger partial charge in [0.15, 0.2) is 0 Å². The molecule has 4 N–H and O–H groups in total. The van der Waals surface area contributed by atoms with Crippen LogP contribution >= 0.6 is 0 Å². The van der Waals surface area contributed by atoms with Gasteiger partial charge in [-0.15, -0.1) is 0 Å². The Labute approximate surface area is 66.5 Å². The molecule has 0 bridgehead atoms. The molecule has 2 atom stereocenters. The van der Waals surface area contributed by atoms with E-state index in [1.165, 1.54) is 0 Å². The van der Waals surface area contributed by atoms with Crippen LogP contribution in [-0.4, -0.2) is 29.6 Å². The Morgan fingerprint density at radius 1 is 1.64 bits per heavy atom. The zero-order valence-electron chi connectivity index (χ0n) is 6.79. The van der Waals surface area contributed by atoms with Crippen molar-refractivity contribution in [3.8, 4) is 0 Å². The lowest BCUT2D eigenvalue weighted by Crippen LogP contribution is -2.50. The molecule has 4 heteroatoms. The summed E-state index contributed by atoms with van der Waals surface area (Å²) in [4.78, 5) is 12.4. The average molecular weight is 157 g/mol. The van der Waals surface area contributed by atoms with Crippen molar-refractivity contribution in [1.82, 2.24) is 4.90 Å². The van der Waals surface area contributed by atoms with Crippen molar-refractivity contribution >= 4 is 6.03 Å². The lowest BCUT2D eigenvalue weighted by atomic mass is 10.00. The van der Waals surface area contributed by atoms with Gasteiger partial charge in [-0.2, -0.15) is 0 Å². The number of likely N-dealkylation sites (tertiary alicyclic amines) is 1. The number of amides is 2. The molecule has 1 rings (SSSR count). The van der Waals surface area contributed by atoms with Crippen molar-refractivity contribution in [2.75, 3.05) is 6.54 Å². The highest BCUT2D eigenvalue weighted by Gasteiger charge is 2.24. The summed E-state index contributed by atoms with van der Waals surface area (Å²) in [5.74, 6) is 0. The van der Waals surface area contributed by atoms with Crippen molar-refractivity contribution in [1.29, 1.82) is 0 Å². The average Bonchev–Trinajstić information content (AvgIpc) is 1.85. The van der Waals surface area contributed by atoms with Crippen molar-refractivity contribution in [3.05, 3.63) is 0 Å². The summed E-state index contributed by atoms with van der Waals surface area (Å²) in [6.07, 6.45) is 1.73. The molecule has 0 aliphatic carbocycles. The Hall–Kier alpha value is -0.770. The molecule has 1 heterocycles. The second kappa shape index (κ2) is 3.09. The summed E-state index contributed by atoms with van der Waals surface area (Å²) < 4.78 is 0. The van der Waals surface area contributed by atoms with Crippen molar-refractivity contribution in [2.45, 2.75) is 31.8 Å². The summed E-state index contributed by atoms with van der Waals surface area (Å²) in [5, 5.41) is 0.